The summed E-state index contributed by atoms with van der Waals surface area (Å²) in [6.45, 7) is -0.955. The van der Waals surface area contributed by atoms with E-state index in [0.717, 1.165) is 18.2 Å². The Kier molecular flexibility index (Phi) is 5.97. The summed E-state index contributed by atoms with van der Waals surface area (Å²) < 4.78 is 44.5. The minimum atomic E-state index is -4.78. The van der Waals surface area contributed by atoms with Gasteiger partial charge in [-0.15, -0.1) is 0 Å². The van der Waals surface area contributed by atoms with Gasteiger partial charge >= 0.3 is 12.1 Å². The van der Waals surface area contributed by atoms with E-state index in [1.54, 1.807) is 12.1 Å². The van der Waals surface area contributed by atoms with Gasteiger partial charge in [0.25, 0.3) is 5.91 Å². The standard InChI is InChI=1S/C24H13ClF3NO5/c25-17-10-4-9-16(24(26,27)28)20(17)29-18(30)11-34-23(33)15-8-3-7-14-19(15)22(32)13-6-2-1-5-12(13)21(14)31/h1-10H,11H2,(H,29,30). The highest BCUT2D eigenvalue weighted by atomic mass is 35.5. The molecule has 0 saturated carbocycles. The van der Waals surface area contributed by atoms with Gasteiger partial charge in [0, 0.05) is 22.3 Å². The number of halogens is 4. The minimum Gasteiger partial charge on any atom is -0.452 e. The molecule has 34 heavy (non-hydrogen) atoms. The number of anilines is 1. The number of amides is 1. The molecule has 4 rings (SSSR count). The highest BCUT2D eigenvalue weighted by Crippen LogP contribution is 2.38. The SMILES string of the molecule is O=C(COC(=O)c1cccc2c1C(=O)c1ccccc1C2=O)Nc1c(Cl)cccc1C(F)(F)F. The fraction of sp³-hybridized carbons (Fsp3) is 0.0833. The zero-order chi connectivity index (χ0) is 24.6. The first-order valence-electron chi connectivity index (χ1n) is 9.73. The van der Waals surface area contributed by atoms with Gasteiger partial charge in [-0.3, -0.25) is 14.4 Å². The van der Waals surface area contributed by atoms with E-state index >= 15 is 0 Å². The molecule has 0 heterocycles. The predicted molar refractivity (Wildman–Crippen MR) is 115 cm³/mol. The van der Waals surface area contributed by atoms with Crippen LogP contribution in [-0.4, -0.2) is 30.0 Å². The largest absolute Gasteiger partial charge is 0.452 e. The first-order chi connectivity index (χ1) is 16.1. The fourth-order valence-electron chi connectivity index (χ4n) is 3.59. The summed E-state index contributed by atoms with van der Waals surface area (Å²) in [5, 5.41) is 1.64. The van der Waals surface area contributed by atoms with Crippen LogP contribution in [0.25, 0.3) is 0 Å². The molecule has 0 aliphatic heterocycles. The van der Waals surface area contributed by atoms with Crippen LogP contribution >= 0.6 is 11.6 Å². The number of esters is 1. The van der Waals surface area contributed by atoms with Crippen molar-refractivity contribution in [2.75, 3.05) is 11.9 Å². The third-order valence-corrected chi connectivity index (χ3v) is 5.41. The van der Waals surface area contributed by atoms with Gasteiger partial charge in [-0.25, -0.2) is 4.79 Å². The van der Waals surface area contributed by atoms with Crippen LogP contribution in [0.2, 0.25) is 5.02 Å². The quantitative estimate of drug-likeness (QED) is 0.412. The molecule has 0 fully saturated rings. The molecule has 10 heteroatoms. The zero-order valence-electron chi connectivity index (χ0n) is 17.0. The number of carbonyl (C=O) groups is 4. The van der Waals surface area contributed by atoms with Crippen LogP contribution in [0.3, 0.4) is 0 Å². The van der Waals surface area contributed by atoms with E-state index in [1.807, 2.05) is 5.32 Å². The molecule has 1 aliphatic carbocycles. The summed E-state index contributed by atoms with van der Waals surface area (Å²) in [6.07, 6.45) is -4.78. The Morgan fingerprint density at radius 1 is 0.853 bits per heavy atom. The van der Waals surface area contributed by atoms with Crippen molar-refractivity contribution in [3.63, 3.8) is 0 Å². The van der Waals surface area contributed by atoms with Crippen LogP contribution in [0.1, 0.15) is 47.8 Å². The van der Waals surface area contributed by atoms with Crippen molar-refractivity contribution in [3.05, 3.63) is 99.1 Å². The summed E-state index contributed by atoms with van der Waals surface area (Å²) in [5.41, 5.74) is -1.92. The Balaban J connectivity index is 1.54. The number of ketones is 2. The molecular formula is C24H13ClF3NO5. The van der Waals surface area contributed by atoms with Gasteiger partial charge in [0.1, 0.15) is 0 Å². The molecule has 172 valence electrons. The maximum Gasteiger partial charge on any atom is 0.418 e. The molecule has 0 unspecified atom stereocenters. The van der Waals surface area contributed by atoms with E-state index in [4.69, 9.17) is 16.3 Å². The molecule has 0 radical (unpaired) electrons. The topological polar surface area (TPSA) is 89.5 Å². The monoisotopic (exact) mass is 487 g/mol. The Morgan fingerprint density at radius 3 is 2.15 bits per heavy atom. The molecule has 1 aliphatic rings. The number of para-hydroxylation sites is 1. The normalized spacial score (nSPS) is 12.6. The second kappa shape index (κ2) is 8.75. The Bertz CT molecular complexity index is 1370. The van der Waals surface area contributed by atoms with E-state index in [2.05, 4.69) is 0 Å². The van der Waals surface area contributed by atoms with E-state index in [1.165, 1.54) is 30.3 Å². The minimum absolute atomic E-state index is 0.00786. The van der Waals surface area contributed by atoms with Crippen molar-refractivity contribution in [2.24, 2.45) is 0 Å². The Labute approximate surface area is 195 Å². The number of carbonyl (C=O) groups excluding carboxylic acids is 4. The summed E-state index contributed by atoms with van der Waals surface area (Å²) >= 11 is 5.80. The average molecular weight is 488 g/mol. The molecule has 0 bridgehead atoms. The van der Waals surface area contributed by atoms with Crippen molar-refractivity contribution >= 4 is 40.7 Å². The third kappa shape index (κ3) is 4.17. The Hall–Kier alpha value is -3.98. The molecule has 6 nitrogen and oxygen atoms in total. The second-order valence-corrected chi connectivity index (χ2v) is 7.62. The summed E-state index contributed by atoms with van der Waals surface area (Å²) in [6, 6.07) is 13.1. The molecule has 0 aromatic heterocycles. The van der Waals surface area contributed by atoms with Gasteiger partial charge < -0.3 is 10.1 Å². The number of fused-ring (bicyclic) bond motifs is 2. The fourth-order valence-corrected chi connectivity index (χ4v) is 3.81. The smallest absolute Gasteiger partial charge is 0.418 e. The maximum atomic E-state index is 13.2. The van der Waals surface area contributed by atoms with E-state index in [0.29, 0.717) is 0 Å². The van der Waals surface area contributed by atoms with Crippen LogP contribution < -0.4 is 5.32 Å². The number of alkyl halides is 3. The van der Waals surface area contributed by atoms with E-state index < -0.39 is 47.5 Å². The van der Waals surface area contributed by atoms with Crippen molar-refractivity contribution in [3.8, 4) is 0 Å². The number of benzene rings is 3. The van der Waals surface area contributed by atoms with Gasteiger partial charge in [0.05, 0.1) is 21.8 Å². The Morgan fingerprint density at radius 2 is 1.47 bits per heavy atom. The van der Waals surface area contributed by atoms with Gasteiger partial charge in [0.2, 0.25) is 0 Å². The number of hydrogen-bond acceptors (Lipinski definition) is 5. The third-order valence-electron chi connectivity index (χ3n) is 5.09. The highest BCUT2D eigenvalue weighted by Gasteiger charge is 2.35. The number of rotatable bonds is 4. The lowest BCUT2D eigenvalue weighted by Gasteiger charge is -2.19. The van der Waals surface area contributed by atoms with Crippen molar-refractivity contribution < 1.29 is 37.1 Å². The first kappa shape index (κ1) is 23.2. The molecule has 1 N–H and O–H groups in total. The van der Waals surface area contributed by atoms with E-state index in [-0.39, 0.29) is 32.8 Å². The molecule has 3 aromatic carbocycles. The van der Waals surface area contributed by atoms with Gasteiger partial charge in [-0.05, 0) is 18.2 Å². The average Bonchev–Trinajstić information content (AvgIpc) is 2.81. The molecule has 1 amide bonds. The highest BCUT2D eigenvalue weighted by molar-refractivity contribution is 6.34. The number of nitrogens with one attached hydrogen (secondary N) is 1. The lowest BCUT2D eigenvalue weighted by molar-refractivity contribution is -0.137. The van der Waals surface area contributed by atoms with Crippen molar-refractivity contribution in [1.82, 2.24) is 0 Å². The lowest BCUT2D eigenvalue weighted by Crippen LogP contribution is -2.26. The number of ether oxygens (including phenoxy) is 1. The molecule has 0 atom stereocenters. The van der Waals surface area contributed by atoms with Crippen LogP contribution in [0.5, 0.6) is 0 Å². The second-order valence-electron chi connectivity index (χ2n) is 7.22. The van der Waals surface area contributed by atoms with Crippen LogP contribution in [0, 0.1) is 0 Å². The number of hydrogen-bond donors (Lipinski definition) is 1. The summed E-state index contributed by atoms with van der Waals surface area (Å²) in [5.74, 6) is -3.18. The summed E-state index contributed by atoms with van der Waals surface area (Å²) in [4.78, 5) is 50.6. The van der Waals surface area contributed by atoms with Gasteiger partial charge in [-0.1, -0.05) is 54.1 Å². The van der Waals surface area contributed by atoms with Crippen molar-refractivity contribution in [2.45, 2.75) is 6.18 Å². The summed E-state index contributed by atoms with van der Waals surface area (Å²) in [7, 11) is 0. The molecule has 0 spiro atoms. The van der Waals surface area contributed by atoms with E-state index in [9.17, 15) is 32.3 Å². The molecule has 3 aromatic rings. The van der Waals surface area contributed by atoms with Crippen LogP contribution in [-0.2, 0) is 15.7 Å². The van der Waals surface area contributed by atoms with Crippen molar-refractivity contribution in [1.29, 1.82) is 0 Å². The molecule has 0 saturated heterocycles. The zero-order valence-corrected chi connectivity index (χ0v) is 17.8. The lowest BCUT2D eigenvalue weighted by atomic mass is 9.82. The molecular weight excluding hydrogens is 475 g/mol. The van der Waals surface area contributed by atoms with Gasteiger partial charge in [0.15, 0.2) is 18.2 Å². The maximum absolute atomic E-state index is 13.2. The van der Waals surface area contributed by atoms with Crippen LogP contribution in [0.15, 0.2) is 60.7 Å². The first-order valence-corrected chi connectivity index (χ1v) is 10.1. The van der Waals surface area contributed by atoms with Crippen LogP contribution in [0.4, 0.5) is 18.9 Å². The predicted octanol–water partition coefficient (Wildman–Crippen LogP) is 4.93. The van der Waals surface area contributed by atoms with Gasteiger partial charge in [-0.2, -0.15) is 13.2 Å².